The van der Waals surface area contributed by atoms with Crippen LogP contribution < -0.4 is 10.6 Å². The third-order valence-electron chi connectivity index (χ3n) is 11.6. The van der Waals surface area contributed by atoms with E-state index in [0.717, 1.165) is 59.6 Å². The van der Waals surface area contributed by atoms with E-state index in [1.165, 1.54) is 0 Å². The number of amides is 4. The highest BCUT2D eigenvalue weighted by Crippen LogP contribution is 2.27. The summed E-state index contributed by atoms with van der Waals surface area (Å²) in [6, 6.07) is 33.6. The molecule has 316 valence electrons. The number of likely N-dealkylation sites (tertiary alicyclic amines) is 2. The number of nitrogens with one attached hydrogen (secondary N) is 2. The number of rotatable bonds is 14. The molecule has 0 radical (unpaired) electrons. The molecule has 2 saturated heterocycles. The molecule has 0 aliphatic carbocycles. The van der Waals surface area contributed by atoms with Crippen LogP contribution >= 0.6 is 0 Å². The van der Waals surface area contributed by atoms with Crippen LogP contribution in [0, 0.1) is 0 Å². The average molecular weight is 829 g/mol. The lowest BCUT2D eigenvalue weighted by Gasteiger charge is -2.24. The number of carbonyl (C=O) groups is 4. The second kappa shape index (κ2) is 19.1. The monoisotopic (exact) mass is 828 g/mol. The van der Waals surface area contributed by atoms with E-state index in [2.05, 4.69) is 34.7 Å². The molecule has 2 aromatic heterocycles. The molecule has 2 N–H and O–H groups in total. The standard InChI is InChI=1S/C50H52N8O4/c1-3-13-43-41(33-51-57(43)39-15-7-5-8-16-39)49(61)55-31-11-19-45(55)47(59)53-37-27-23-35(24-28-37)21-22-36-25-29-38(30-26-36)54-48(60)46-20-12-32-56(46)50(62)42-34-52-58(44(42)14-4-2)40-17-9-6-10-18-40/h5-10,15-18,21-30,33-34,45-46H,3-4,11-14,19-20,31-32H2,1-2H3,(H,53,59)(H,54,60)/t45-,46-/m0/s1. The zero-order valence-corrected chi connectivity index (χ0v) is 35.2. The van der Waals surface area contributed by atoms with Crippen LogP contribution in [-0.2, 0) is 22.4 Å². The maximum absolute atomic E-state index is 13.9. The van der Waals surface area contributed by atoms with Gasteiger partial charge in [0.1, 0.15) is 12.1 Å². The molecule has 12 heteroatoms. The van der Waals surface area contributed by atoms with Crippen molar-refractivity contribution in [2.45, 2.75) is 77.3 Å². The lowest BCUT2D eigenvalue weighted by Crippen LogP contribution is -2.43. The van der Waals surface area contributed by atoms with Crippen molar-refractivity contribution in [2.24, 2.45) is 0 Å². The SMILES string of the molecule is CCCc1c(C(=O)N2CCC[C@H]2C(=O)Nc2ccc(C=Cc3ccc(NC(=O)[C@@H]4CCCN4C(=O)c4cnn(-c5ccccc5)c4CCC)cc3)cc2)cnn1-c1ccccc1. The normalized spacial score (nSPS) is 16.2. The van der Waals surface area contributed by atoms with Crippen molar-refractivity contribution in [3.63, 3.8) is 0 Å². The van der Waals surface area contributed by atoms with Crippen LogP contribution in [0.5, 0.6) is 0 Å². The van der Waals surface area contributed by atoms with E-state index < -0.39 is 12.1 Å². The fraction of sp³-hybridized carbons (Fsp3) is 0.280. The molecule has 8 rings (SSSR count). The van der Waals surface area contributed by atoms with Gasteiger partial charge in [-0.3, -0.25) is 19.2 Å². The number of benzene rings is 4. The second-order valence-electron chi connectivity index (χ2n) is 15.9. The number of para-hydroxylation sites is 2. The van der Waals surface area contributed by atoms with Crippen molar-refractivity contribution in [1.82, 2.24) is 29.4 Å². The predicted octanol–water partition coefficient (Wildman–Crippen LogP) is 8.62. The van der Waals surface area contributed by atoms with Crippen LogP contribution in [0.2, 0.25) is 0 Å². The minimum Gasteiger partial charge on any atom is -0.326 e. The van der Waals surface area contributed by atoms with Crippen molar-refractivity contribution in [2.75, 3.05) is 23.7 Å². The Morgan fingerprint density at radius 2 is 0.952 bits per heavy atom. The maximum atomic E-state index is 13.9. The molecule has 0 unspecified atom stereocenters. The van der Waals surface area contributed by atoms with Crippen LogP contribution in [0.25, 0.3) is 23.5 Å². The molecule has 4 aromatic carbocycles. The molecule has 0 spiro atoms. The minimum atomic E-state index is -0.570. The Morgan fingerprint density at radius 3 is 1.32 bits per heavy atom. The highest BCUT2D eigenvalue weighted by atomic mass is 16.2. The summed E-state index contributed by atoms with van der Waals surface area (Å²) in [6.07, 6.45) is 13.0. The minimum absolute atomic E-state index is 0.165. The van der Waals surface area contributed by atoms with E-state index >= 15 is 0 Å². The van der Waals surface area contributed by atoms with Gasteiger partial charge in [0, 0.05) is 24.5 Å². The summed E-state index contributed by atoms with van der Waals surface area (Å²) >= 11 is 0. The van der Waals surface area contributed by atoms with Crippen LogP contribution in [0.4, 0.5) is 11.4 Å². The van der Waals surface area contributed by atoms with E-state index in [4.69, 9.17) is 0 Å². The molecule has 2 atom stereocenters. The molecule has 2 fully saturated rings. The molecule has 6 aromatic rings. The Morgan fingerprint density at radius 1 is 0.565 bits per heavy atom. The summed E-state index contributed by atoms with van der Waals surface area (Å²) in [4.78, 5) is 58.3. The lowest BCUT2D eigenvalue weighted by molar-refractivity contribution is -0.120. The Labute approximate surface area is 362 Å². The molecular formula is C50H52N8O4. The summed E-state index contributed by atoms with van der Waals surface area (Å²) in [6.45, 7) is 5.18. The van der Waals surface area contributed by atoms with Gasteiger partial charge < -0.3 is 20.4 Å². The predicted molar refractivity (Wildman–Crippen MR) is 242 cm³/mol. The number of anilines is 2. The molecule has 4 amide bonds. The van der Waals surface area contributed by atoms with Gasteiger partial charge in [-0.2, -0.15) is 10.2 Å². The van der Waals surface area contributed by atoms with Crippen molar-refractivity contribution >= 4 is 47.2 Å². The zero-order valence-electron chi connectivity index (χ0n) is 35.2. The van der Waals surface area contributed by atoms with Gasteiger partial charge in [-0.15, -0.1) is 0 Å². The second-order valence-corrected chi connectivity index (χ2v) is 15.9. The quantitative estimate of drug-likeness (QED) is 0.106. The van der Waals surface area contributed by atoms with Crippen molar-refractivity contribution in [3.05, 3.63) is 155 Å². The largest absolute Gasteiger partial charge is 0.326 e. The Balaban J connectivity index is 0.855. The topological polar surface area (TPSA) is 134 Å². The van der Waals surface area contributed by atoms with Crippen LogP contribution in [0.3, 0.4) is 0 Å². The number of nitrogens with zero attached hydrogens (tertiary/aromatic N) is 6. The molecule has 62 heavy (non-hydrogen) atoms. The Hall–Kier alpha value is -7.08. The van der Waals surface area contributed by atoms with Gasteiger partial charge in [0.25, 0.3) is 11.8 Å². The summed E-state index contributed by atoms with van der Waals surface area (Å²) in [7, 11) is 0. The third-order valence-corrected chi connectivity index (χ3v) is 11.6. The summed E-state index contributed by atoms with van der Waals surface area (Å²) in [5, 5.41) is 15.2. The third kappa shape index (κ3) is 9.00. The summed E-state index contributed by atoms with van der Waals surface area (Å²) in [5.74, 6) is -0.741. The van der Waals surface area contributed by atoms with E-state index in [0.29, 0.717) is 61.3 Å². The first-order valence-electron chi connectivity index (χ1n) is 21.7. The van der Waals surface area contributed by atoms with Gasteiger partial charge in [-0.05, 0) is 98.2 Å². The van der Waals surface area contributed by atoms with Gasteiger partial charge in [0.05, 0.1) is 46.3 Å². The van der Waals surface area contributed by atoms with Gasteiger partial charge >= 0.3 is 0 Å². The van der Waals surface area contributed by atoms with Crippen LogP contribution in [0.15, 0.2) is 122 Å². The molecule has 0 bridgehead atoms. The Bertz CT molecular complexity index is 2370. The van der Waals surface area contributed by atoms with Gasteiger partial charge in [0.15, 0.2) is 0 Å². The number of hydrogen-bond acceptors (Lipinski definition) is 6. The van der Waals surface area contributed by atoms with Gasteiger partial charge in [0.2, 0.25) is 11.8 Å². The summed E-state index contributed by atoms with van der Waals surface area (Å²) in [5.41, 5.74) is 7.79. The fourth-order valence-electron chi connectivity index (χ4n) is 8.52. The Kier molecular flexibility index (Phi) is 12.8. The molecule has 4 heterocycles. The fourth-order valence-corrected chi connectivity index (χ4v) is 8.52. The van der Waals surface area contributed by atoms with Gasteiger partial charge in [-0.1, -0.05) is 99.5 Å². The van der Waals surface area contributed by atoms with Gasteiger partial charge in [-0.25, -0.2) is 9.36 Å². The van der Waals surface area contributed by atoms with Crippen LogP contribution in [0.1, 0.15) is 95.6 Å². The lowest BCUT2D eigenvalue weighted by atomic mass is 10.1. The van der Waals surface area contributed by atoms with E-state index in [1.54, 1.807) is 22.2 Å². The summed E-state index contributed by atoms with van der Waals surface area (Å²) < 4.78 is 3.66. The molecule has 12 nitrogen and oxygen atoms in total. The van der Waals surface area contributed by atoms with Crippen molar-refractivity contribution in [1.29, 1.82) is 0 Å². The number of hydrogen-bond donors (Lipinski definition) is 2. The highest BCUT2D eigenvalue weighted by molar-refractivity contribution is 6.03. The molecular weight excluding hydrogens is 777 g/mol. The number of carbonyl (C=O) groups excluding carboxylic acids is 4. The smallest absolute Gasteiger partial charge is 0.258 e. The van der Waals surface area contributed by atoms with E-state index in [1.807, 2.05) is 131 Å². The molecule has 2 aliphatic rings. The zero-order chi connectivity index (χ0) is 43.0. The average Bonchev–Trinajstić information content (AvgIpc) is 4.14. The maximum Gasteiger partial charge on any atom is 0.258 e. The first-order valence-corrected chi connectivity index (χ1v) is 21.7. The first kappa shape index (κ1) is 41.6. The number of aromatic nitrogens is 4. The molecule has 2 aliphatic heterocycles. The van der Waals surface area contributed by atoms with E-state index in [-0.39, 0.29) is 23.6 Å². The first-order chi connectivity index (χ1) is 30.3. The van der Waals surface area contributed by atoms with Crippen molar-refractivity contribution in [3.8, 4) is 11.4 Å². The van der Waals surface area contributed by atoms with E-state index in [9.17, 15) is 19.2 Å². The van der Waals surface area contributed by atoms with Crippen LogP contribution in [-0.4, -0.2) is 78.2 Å². The van der Waals surface area contributed by atoms with Crippen molar-refractivity contribution < 1.29 is 19.2 Å². The highest BCUT2D eigenvalue weighted by Gasteiger charge is 2.37. The molecule has 0 saturated carbocycles.